The van der Waals surface area contributed by atoms with E-state index in [4.69, 9.17) is 4.74 Å². The van der Waals surface area contributed by atoms with Gasteiger partial charge < -0.3 is 10.1 Å². The number of fused-ring (bicyclic) bond motifs is 1. The number of amides is 1. The lowest BCUT2D eigenvalue weighted by Crippen LogP contribution is -2.29. The highest BCUT2D eigenvalue weighted by Gasteiger charge is 2.15. The Balaban J connectivity index is 1.75. The van der Waals surface area contributed by atoms with Crippen LogP contribution in [0.5, 0.6) is 0 Å². The third-order valence-corrected chi connectivity index (χ3v) is 5.20. The minimum atomic E-state index is -0.185. The lowest BCUT2D eigenvalue weighted by Gasteiger charge is -2.15. The number of aromatic nitrogens is 3. The molecule has 2 heterocycles. The molecule has 0 spiro atoms. The molecule has 0 bridgehead atoms. The summed E-state index contributed by atoms with van der Waals surface area (Å²) in [5.74, 6) is 0.0181. The summed E-state index contributed by atoms with van der Waals surface area (Å²) < 4.78 is 6.64. The highest BCUT2D eigenvalue weighted by molar-refractivity contribution is 7.99. The van der Waals surface area contributed by atoms with E-state index in [0.717, 1.165) is 5.56 Å². The van der Waals surface area contributed by atoms with Gasteiger partial charge in [0.05, 0.1) is 30.3 Å². The molecule has 0 unspecified atom stereocenters. The molecule has 0 saturated carbocycles. The molecule has 1 amide bonds. The predicted molar refractivity (Wildman–Crippen MR) is 109 cm³/mol. The molecule has 1 atom stereocenters. The standard InChI is InChI=1S/C20H22N4O3S/c1-14(15-7-4-3-5-8-15)22-17(25)13-28-20-23-18-16(9-6-10-21-18)19(26)24(20)11-12-27-2/h3-10,14H,11-13H2,1-2H3,(H,22,25)/t14-/m1/s1. The largest absolute Gasteiger partial charge is 0.383 e. The number of hydrogen-bond acceptors (Lipinski definition) is 6. The van der Waals surface area contributed by atoms with Crippen molar-refractivity contribution in [2.24, 2.45) is 0 Å². The molecule has 8 heteroatoms. The minimum absolute atomic E-state index is 0.101. The number of hydrogen-bond donors (Lipinski definition) is 1. The van der Waals surface area contributed by atoms with Gasteiger partial charge in [-0.15, -0.1) is 0 Å². The van der Waals surface area contributed by atoms with Crippen molar-refractivity contribution >= 4 is 28.7 Å². The van der Waals surface area contributed by atoms with E-state index < -0.39 is 0 Å². The quantitative estimate of drug-likeness (QED) is 0.463. The van der Waals surface area contributed by atoms with Crippen LogP contribution in [0.3, 0.4) is 0 Å². The third kappa shape index (κ3) is 4.76. The average Bonchev–Trinajstić information content (AvgIpc) is 2.72. The van der Waals surface area contributed by atoms with Crippen molar-refractivity contribution in [2.45, 2.75) is 24.7 Å². The average molecular weight is 398 g/mol. The minimum Gasteiger partial charge on any atom is -0.383 e. The normalized spacial score (nSPS) is 12.1. The van der Waals surface area contributed by atoms with Gasteiger partial charge in [-0.25, -0.2) is 9.97 Å². The molecule has 1 aromatic carbocycles. The lowest BCUT2D eigenvalue weighted by molar-refractivity contribution is -0.119. The van der Waals surface area contributed by atoms with Gasteiger partial charge in [0.15, 0.2) is 10.8 Å². The van der Waals surface area contributed by atoms with Gasteiger partial charge >= 0.3 is 0 Å². The highest BCUT2D eigenvalue weighted by atomic mass is 32.2. The number of carbonyl (C=O) groups excluding carboxylic acids is 1. The van der Waals surface area contributed by atoms with Gasteiger partial charge in [-0.1, -0.05) is 42.1 Å². The first kappa shape index (κ1) is 20.0. The SMILES string of the molecule is COCCn1c(SCC(=O)N[C@H](C)c2ccccc2)nc2ncccc2c1=O. The molecular weight excluding hydrogens is 376 g/mol. The first-order valence-electron chi connectivity index (χ1n) is 8.91. The van der Waals surface area contributed by atoms with E-state index in [-0.39, 0.29) is 23.3 Å². The van der Waals surface area contributed by atoms with Gasteiger partial charge in [0.25, 0.3) is 5.56 Å². The summed E-state index contributed by atoms with van der Waals surface area (Å²) in [5.41, 5.74) is 1.23. The Labute approximate surface area is 167 Å². The summed E-state index contributed by atoms with van der Waals surface area (Å²) in [6, 6.07) is 13.1. The number of pyridine rings is 1. The van der Waals surface area contributed by atoms with E-state index in [9.17, 15) is 9.59 Å². The number of rotatable bonds is 8. The molecular formula is C20H22N4O3S. The van der Waals surface area contributed by atoms with Gasteiger partial charge in [-0.2, -0.15) is 0 Å². The molecule has 7 nitrogen and oxygen atoms in total. The maximum Gasteiger partial charge on any atom is 0.263 e. The second-order valence-corrected chi connectivity index (χ2v) is 7.15. The fourth-order valence-corrected chi connectivity index (χ4v) is 3.59. The van der Waals surface area contributed by atoms with Crippen LogP contribution >= 0.6 is 11.8 Å². The van der Waals surface area contributed by atoms with Gasteiger partial charge in [0, 0.05) is 13.3 Å². The molecule has 146 valence electrons. The van der Waals surface area contributed by atoms with E-state index in [1.165, 1.54) is 16.3 Å². The lowest BCUT2D eigenvalue weighted by atomic mass is 10.1. The van der Waals surface area contributed by atoms with Crippen LogP contribution in [0.1, 0.15) is 18.5 Å². The summed E-state index contributed by atoms with van der Waals surface area (Å²) >= 11 is 1.22. The Hall–Kier alpha value is -2.71. The van der Waals surface area contributed by atoms with Crippen LogP contribution in [0.2, 0.25) is 0 Å². The van der Waals surface area contributed by atoms with Crippen LogP contribution < -0.4 is 10.9 Å². The first-order valence-corrected chi connectivity index (χ1v) is 9.90. The molecule has 0 aliphatic rings. The molecule has 1 N–H and O–H groups in total. The maximum atomic E-state index is 12.8. The molecule has 0 saturated heterocycles. The molecule has 3 rings (SSSR count). The van der Waals surface area contributed by atoms with Crippen LogP contribution in [0, 0.1) is 0 Å². The maximum absolute atomic E-state index is 12.8. The molecule has 0 aliphatic carbocycles. The number of thioether (sulfide) groups is 1. The molecule has 2 aromatic heterocycles. The first-order chi connectivity index (χ1) is 13.6. The topological polar surface area (TPSA) is 86.1 Å². The van der Waals surface area contributed by atoms with Crippen molar-refractivity contribution in [3.8, 4) is 0 Å². The van der Waals surface area contributed by atoms with E-state index in [1.54, 1.807) is 25.4 Å². The van der Waals surface area contributed by atoms with Gasteiger partial charge in [-0.05, 0) is 24.6 Å². The Bertz CT molecular complexity index is 1010. The number of ether oxygens (including phenoxy) is 1. The van der Waals surface area contributed by atoms with Crippen molar-refractivity contribution in [1.82, 2.24) is 19.9 Å². The summed E-state index contributed by atoms with van der Waals surface area (Å²) in [5, 5.41) is 3.87. The Morgan fingerprint density at radius 3 is 2.79 bits per heavy atom. The summed E-state index contributed by atoms with van der Waals surface area (Å²) in [4.78, 5) is 33.8. The smallest absolute Gasteiger partial charge is 0.263 e. The summed E-state index contributed by atoms with van der Waals surface area (Å²) in [7, 11) is 1.58. The van der Waals surface area contributed by atoms with E-state index in [1.807, 2.05) is 37.3 Å². The zero-order chi connectivity index (χ0) is 19.9. The summed E-state index contributed by atoms with van der Waals surface area (Å²) in [6.07, 6.45) is 1.59. The number of carbonyl (C=O) groups is 1. The Morgan fingerprint density at radius 2 is 2.04 bits per heavy atom. The fourth-order valence-electron chi connectivity index (χ4n) is 2.76. The van der Waals surface area contributed by atoms with Crippen LogP contribution in [-0.4, -0.2) is 39.9 Å². The zero-order valence-electron chi connectivity index (χ0n) is 15.8. The number of benzene rings is 1. The molecule has 0 fully saturated rings. The van der Waals surface area contributed by atoms with Crippen molar-refractivity contribution in [3.05, 3.63) is 64.6 Å². The predicted octanol–water partition coefficient (Wildman–Crippen LogP) is 2.41. The van der Waals surface area contributed by atoms with Gasteiger partial charge in [0.2, 0.25) is 5.91 Å². The van der Waals surface area contributed by atoms with Crippen molar-refractivity contribution in [3.63, 3.8) is 0 Å². The third-order valence-electron chi connectivity index (χ3n) is 4.22. The van der Waals surface area contributed by atoms with Crippen LogP contribution in [0.25, 0.3) is 11.0 Å². The number of methoxy groups -OCH3 is 1. The van der Waals surface area contributed by atoms with Gasteiger partial charge in [-0.3, -0.25) is 14.2 Å². The Morgan fingerprint density at radius 1 is 1.25 bits per heavy atom. The van der Waals surface area contributed by atoms with Crippen LogP contribution in [-0.2, 0) is 16.1 Å². The highest BCUT2D eigenvalue weighted by Crippen LogP contribution is 2.18. The van der Waals surface area contributed by atoms with E-state index in [0.29, 0.717) is 29.3 Å². The molecule has 3 aromatic rings. The van der Waals surface area contributed by atoms with Crippen LogP contribution in [0.15, 0.2) is 58.6 Å². The van der Waals surface area contributed by atoms with E-state index >= 15 is 0 Å². The zero-order valence-corrected chi connectivity index (χ0v) is 16.6. The number of nitrogens with zero attached hydrogens (tertiary/aromatic N) is 3. The van der Waals surface area contributed by atoms with Crippen molar-refractivity contribution < 1.29 is 9.53 Å². The van der Waals surface area contributed by atoms with Crippen molar-refractivity contribution in [1.29, 1.82) is 0 Å². The van der Waals surface area contributed by atoms with Crippen LogP contribution in [0.4, 0.5) is 0 Å². The fraction of sp³-hybridized carbons (Fsp3) is 0.300. The molecule has 28 heavy (non-hydrogen) atoms. The molecule has 0 aliphatic heterocycles. The molecule has 0 radical (unpaired) electrons. The van der Waals surface area contributed by atoms with Gasteiger partial charge in [0.1, 0.15) is 0 Å². The second-order valence-electron chi connectivity index (χ2n) is 6.21. The Kier molecular flexibility index (Phi) is 6.78. The number of nitrogens with one attached hydrogen (secondary N) is 1. The second kappa shape index (κ2) is 9.48. The monoisotopic (exact) mass is 398 g/mol. The summed E-state index contributed by atoms with van der Waals surface area (Å²) in [6.45, 7) is 2.67. The van der Waals surface area contributed by atoms with Crippen molar-refractivity contribution in [2.75, 3.05) is 19.5 Å². The van der Waals surface area contributed by atoms with E-state index in [2.05, 4.69) is 15.3 Å².